The highest BCUT2D eigenvalue weighted by molar-refractivity contribution is 6.30. The van der Waals surface area contributed by atoms with E-state index in [0.29, 0.717) is 16.3 Å². The van der Waals surface area contributed by atoms with Crippen LogP contribution in [0.2, 0.25) is 5.02 Å². The summed E-state index contributed by atoms with van der Waals surface area (Å²) in [5, 5.41) is 0.554. The van der Waals surface area contributed by atoms with Crippen LogP contribution >= 0.6 is 11.6 Å². The van der Waals surface area contributed by atoms with E-state index < -0.39 is 30.1 Å². The van der Waals surface area contributed by atoms with Crippen LogP contribution in [0.3, 0.4) is 0 Å². The maximum atomic E-state index is 11.9. The van der Waals surface area contributed by atoms with Crippen LogP contribution < -0.4 is 0 Å². The fraction of sp³-hybridized carbons (Fsp3) is 0.267. The Hall–Kier alpha value is -2.14. The molecular formula is C15H13ClO5. The van der Waals surface area contributed by atoms with Crippen LogP contribution in [0.25, 0.3) is 5.76 Å². The number of carbonyl (C=O) groups is 3. The SMILES string of the molecule is CCOC(=O)CC(=O)C1C=C(c2ccc(Cl)cc2)OC1=O. The molecule has 5 nitrogen and oxygen atoms in total. The Kier molecular flexibility index (Phi) is 4.75. The summed E-state index contributed by atoms with van der Waals surface area (Å²) in [6.45, 7) is 1.83. The third kappa shape index (κ3) is 3.70. The average molecular weight is 309 g/mol. The first-order valence-corrected chi connectivity index (χ1v) is 6.77. The molecule has 1 heterocycles. The van der Waals surface area contributed by atoms with Crippen molar-refractivity contribution < 1.29 is 23.9 Å². The van der Waals surface area contributed by atoms with E-state index in [1.54, 1.807) is 31.2 Å². The van der Waals surface area contributed by atoms with Gasteiger partial charge in [-0.1, -0.05) is 11.6 Å². The van der Waals surface area contributed by atoms with Crippen molar-refractivity contribution in [3.05, 3.63) is 40.9 Å². The van der Waals surface area contributed by atoms with Gasteiger partial charge in [-0.15, -0.1) is 0 Å². The average Bonchev–Trinajstić information content (AvgIpc) is 2.82. The van der Waals surface area contributed by atoms with Gasteiger partial charge >= 0.3 is 11.9 Å². The lowest BCUT2D eigenvalue weighted by Gasteiger charge is -2.03. The van der Waals surface area contributed by atoms with Crippen molar-refractivity contribution in [1.82, 2.24) is 0 Å². The number of ether oxygens (including phenoxy) is 2. The molecule has 0 fully saturated rings. The quantitative estimate of drug-likeness (QED) is 0.617. The third-order valence-electron chi connectivity index (χ3n) is 2.88. The molecule has 0 aromatic heterocycles. The lowest BCUT2D eigenvalue weighted by Crippen LogP contribution is -2.22. The van der Waals surface area contributed by atoms with Crippen LogP contribution in [0.1, 0.15) is 18.9 Å². The van der Waals surface area contributed by atoms with Crippen molar-refractivity contribution in [3.8, 4) is 0 Å². The van der Waals surface area contributed by atoms with Crippen molar-refractivity contribution in [2.45, 2.75) is 13.3 Å². The Bertz CT molecular complexity index is 603. The fourth-order valence-electron chi connectivity index (χ4n) is 1.88. The van der Waals surface area contributed by atoms with Gasteiger partial charge in [0.1, 0.15) is 18.1 Å². The summed E-state index contributed by atoms with van der Waals surface area (Å²) in [4.78, 5) is 34.9. The Morgan fingerprint density at radius 1 is 1.29 bits per heavy atom. The first-order valence-electron chi connectivity index (χ1n) is 6.39. The summed E-state index contributed by atoms with van der Waals surface area (Å²) < 4.78 is 9.75. The molecule has 110 valence electrons. The predicted octanol–water partition coefficient (Wildman–Crippen LogP) is 2.38. The lowest BCUT2D eigenvalue weighted by molar-refractivity contribution is -0.147. The molecule has 1 aliphatic heterocycles. The molecule has 0 spiro atoms. The van der Waals surface area contributed by atoms with Gasteiger partial charge in [-0.3, -0.25) is 14.4 Å². The Morgan fingerprint density at radius 2 is 1.95 bits per heavy atom. The van der Waals surface area contributed by atoms with Crippen LogP contribution in [0, 0.1) is 5.92 Å². The Balaban J connectivity index is 2.11. The number of carbonyl (C=O) groups excluding carboxylic acids is 3. The largest absolute Gasteiger partial charge is 0.466 e. The number of hydrogen-bond acceptors (Lipinski definition) is 5. The van der Waals surface area contributed by atoms with E-state index in [0.717, 1.165) is 0 Å². The van der Waals surface area contributed by atoms with Crippen LogP contribution in [0.4, 0.5) is 0 Å². The molecule has 21 heavy (non-hydrogen) atoms. The lowest BCUT2D eigenvalue weighted by atomic mass is 10.0. The molecule has 0 saturated carbocycles. The Morgan fingerprint density at radius 3 is 2.57 bits per heavy atom. The maximum absolute atomic E-state index is 11.9. The number of rotatable bonds is 5. The molecular weight excluding hydrogens is 296 g/mol. The first-order chi connectivity index (χ1) is 10.0. The summed E-state index contributed by atoms with van der Waals surface area (Å²) in [5.74, 6) is -2.65. The molecule has 0 bridgehead atoms. The second-order valence-electron chi connectivity index (χ2n) is 4.38. The zero-order chi connectivity index (χ0) is 15.4. The standard InChI is InChI=1S/C15H13ClO5/c1-2-20-14(18)8-12(17)11-7-13(21-15(11)19)9-3-5-10(16)6-4-9/h3-7,11H,2,8H2,1H3. The van der Waals surface area contributed by atoms with Gasteiger partial charge in [-0.05, 0) is 37.3 Å². The van der Waals surface area contributed by atoms with Gasteiger partial charge in [-0.2, -0.15) is 0 Å². The van der Waals surface area contributed by atoms with Crippen molar-refractivity contribution in [1.29, 1.82) is 0 Å². The number of esters is 2. The molecule has 1 aliphatic rings. The van der Waals surface area contributed by atoms with E-state index in [2.05, 4.69) is 4.74 Å². The number of halogens is 1. The minimum absolute atomic E-state index is 0.188. The molecule has 0 aliphatic carbocycles. The molecule has 1 atom stereocenters. The topological polar surface area (TPSA) is 69.7 Å². The van der Waals surface area contributed by atoms with E-state index in [-0.39, 0.29) is 6.61 Å². The maximum Gasteiger partial charge on any atom is 0.325 e. The first kappa shape index (κ1) is 15.3. The summed E-state index contributed by atoms with van der Waals surface area (Å²) >= 11 is 5.78. The van der Waals surface area contributed by atoms with Gasteiger partial charge in [0.25, 0.3) is 0 Å². The van der Waals surface area contributed by atoms with Crippen LogP contribution in [0.15, 0.2) is 30.3 Å². The molecule has 6 heteroatoms. The van der Waals surface area contributed by atoms with E-state index in [1.807, 2.05) is 0 Å². The molecule has 1 aromatic carbocycles. The number of benzene rings is 1. The minimum Gasteiger partial charge on any atom is -0.466 e. The van der Waals surface area contributed by atoms with Crippen LogP contribution in [-0.2, 0) is 23.9 Å². The van der Waals surface area contributed by atoms with Gasteiger partial charge in [0.05, 0.1) is 6.61 Å². The molecule has 2 rings (SSSR count). The number of Topliss-reactive ketones (excluding diaryl/α,β-unsaturated/α-hetero) is 1. The highest BCUT2D eigenvalue weighted by Crippen LogP contribution is 2.28. The van der Waals surface area contributed by atoms with Gasteiger partial charge in [-0.25, -0.2) is 0 Å². The number of hydrogen-bond donors (Lipinski definition) is 0. The van der Waals surface area contributed by atoms with Crippen LogP contribution in [-0.4, -0.2) is 24.3 Å². The van der Waals surface area contributed by atoms with Gasteiger partial charge in [0.2, 0.25) is 0 Å². The van der Waals surface area contributed by atoms with E-state index in [4.69, 9.17) is 16.3 Å². The van der Waals surface area contributed by atoms with E-state index in [9.17, 15) is 14.4 Å². The normalized spacial score (nSPS) is 17.1. The smallest absolute Gasteiger partial charge is 0.325 e. The summed E-state index contributed by atoms with van der Waals surface area (Å²) in [7, 11) is 0. The minimum atomic E-state index is -1.07. The highest BCUT2D eigenvalue weighted by Gasteiger charge is 2.34. The summed E-state index contributed by atoms with van der Waals surface area (Å²) in [6, 6.07) is 6.66. The second-order valence-corrected chi connectivity index (χ2v) is 4.82. The zero-order valence-corrected chi connectivity index (χ0v) is 12.1. The Labute approximate surface area is 126 Å². The monoisotopic (exact) mass is 308 g/mol. The molecule has 1 unspecified atom stereocenters. The summed E-state index contributed by atoms with van der Waals surface area (Å²) in [6.07, 6.45) is 0.963. The van der Waals surface area contributed by atoms with E-state index >= 15 is 0 Å². The van der Waals surface area contributed by atoms with Crippen molar-refractivity contribution in [2.75, 3.05) is 6.61 Å². The van der Waals surface area contributed by atoms with E-state index in [1.165, 1.54) is 6.08 Å². The van der Waals surface area contributed by atoms with Crippen molar-refractivity contribution in [2.24, 2.45) is 5.92 Å². The highest BCUT2D eigenvalue weighted by atomic mass is 35.5. The van der Waals surface area contributed by atoms with Gasteiger partial charge in [0, 0.05) is 10.6 Å². The zero-order valence-electron chi connectivity index (χ0n) is 11.3. The number of cyclic esters (lactones) is 1. The predicted molar refractivity (Wildman–Crippen MR) is 75.3 cm³/mol. The molecule has 0 radical (unpaired) electrons. The summed E-state index contributed by atoms with van der Waals surface area (Å²) in [5.41, 5.74) is 0.638. The van der Waals surface area contributed by atoms with Gasteiger partial charge in [0.15, 0.2) is 5.78 Å². The number of ketones is 1. The molecule has 1 aromatic rings. The molecule has 0 saturated heterocycles. The van der Waals surface area contributed by atoms with Crippen molar-refractivity contribution in [3.63, 3.8) is 0 Å². The molecule has 0 N–H and O–H groups in total. The van der Waals surface area contributed by atoms with Crippen LogP contribution in [0.5, 0.6) is 0 Å². The van der Waals surface area contributed by atoms with Crippen molar-refractivity contribution >= 4 is 35.1 Å². The van der Waals surface area contributed by atoms with Gasteiger partial charge < -0.3 is 9.47 Å². The third-order valence-corrected chi connectivity index (χ3v) is 3.13. The molecule has 0 amide bonds. The second kappa shape index (κ2) is 6.54. The fourth-order valence-corrected chi connectivity index (χ4v) is 2.01.